The van der Waals surface area contributed by atoms with Crippen molar-refractivity contribution < 1.29 is 43.8 Å². The highest BCUT2D eigenvalue weighted by Crippen LogP contribution is 2.13. The zero-order valence-electron chi connectivity index (χ0n) is 36.9. The number of carbonyl (C=O) groups is 7. The number of carboxylic acid groups (broad SMARTS) is 1. The highest BCUT2D eigenvalue weighted by molar-refractivity contribution is 7.80. The molecule has 6 amide bonds. The van der Waals surface area contributed by atoms with Gasteiger partial charge in [-0.05, 0) is 43.4 Å². The van der Waals surface area contributed by atoms with Crippen LogP contribution in [-0.2, 0) is 40.0 Å². The Hall–Kier alpha value is -4.58. The molecule has 0 aromatic heterocycles. The monoisotopic (exact) mass is 921 g/mol. The van der Waals surface area contributed by atoms with Crippen molar-refractivity contribution in [3.8, 4) is 5.75 Å². The summed E-state index contributed by atoms with van der Waals surface area (Å²) in [5.74, 6) is -2.91. The molecule has 360 valence electrons. The second-order valence-electron chi connectivity index (χ2n) is 16.6. The van der Waals surface area contributed by atoms with Crippen LogP contribution in [0.25, 0.3) is 0 Å². The molecule has 2 bridgehead atoms. The molecule has 2 atom stereocenters. The van der Waals surface area contributed by atoms with E-state index < -0.39 is 35.0 Å². The van der Waals surface area contributed by atoms with Gasteiger partial charge in [-0.25, -0.2) is 0 Å². The first-order valence-corrected chi connectivity index (χ1v) is 23.0. The highest BCUT2D eigenvalue weighted by atomic mass is 32.1. The number of aliphatic carboxylic acids is 1. The molecular formula is C42H72N12O9S. The molecule has 3 saturated heterocycles. The van der Waals surface area contributed by atoms with Crippen LogP contribution >= 0.6 is 12.6 Å². The normalized spacial score (nSPS) is 20.9. The molecule has 64 heavy (non-hydrogen) atoms. The number of benzene rings is 1. The van der Waals surface area contributed by atoms with Gasteiger partial charge in [0.25, 0.3) is 0 Å². The van der Waals surface area contributed by atoms with Gasteiger partial charge in [0.15, 0.2) is 0 Å². The molecule has 0 aliphatic carbocycles. The topological polar surface area (TPSA) is 318 Å². The Bertz CT molecular complexity index is 1600. The number of carbonyl (C=O) groups excluding carboxylic acids is 6. The number of nitrogens with one attached hydrogen (secondary N) is 11. The summed E-state index contributed by atoms with van der Waals surface area (Å²) in [6, 6.07) is 4.61. The number of thiol groups is 1. The van der Waals surface area contributed by atoms with Gasteiger partial charge in [0, 0.05) is 129 Å². The quantitative estimate of drug-likeness (QED) is 0.0378. The molecule has 22 heteroatoms. The van der Waals surface area contributed by atoms with Gasteiger partial charge in [-0.15, -0.1) is 0 Å². The Morgan fingerprint density at radius 3 is 1.45 bits per heavy atom. The van der Waals surface area contributed by atoms with Crippen molar-refractivity contribution in [3.05, 3.63) is 29.8 Å². The molecule has 21 nitrogen and oxygen atoms in total. The van der Waals surface area contributed by atoms with Gasteiger partial charge in [0.05, 0.1) is 11.1 Å². The third-order valence-electron chi connectivity index (χ3n) is 10.9. The maximum absolute atomic E-state index is 13.6. The Kier molecular flexibility index (Phi) is 25.0. The minimum absolute atomic E-state index is 0.00765. The molecule has 0 spiro atoms. The van der Waals surface area contributed by atoms with Crippen molar-refractivity contribution in [1.29, 1.82) is 0 Å². The third kappa shape index (κ3) is 21.9. The van der Waals surface area contributed by atoms with Crippen LogP contribution in [-0.4, -0.2) is 166 Å². The average Bonchev–Trinajstić information content (AvgIpc) is 3.24. The Balaban J connectivity index is 1.53. The molecule has 0 radical (unpaired) electrons. The van der Waals surface area contributed by atoms with E-state index in [9.17, 15) is 38.7 Å². The lowest BCUT2D eigenvalue weighted by Gasteiger charge is -2.39. The summed E-state index contributed by atoms with van der Waals surface area (Å²) in [5.41, 5.74) is 4.62. The van der Waals surface area contributed by atoms with E-state index in [2.05, 4.69) is 71.1 Å². The summed E-state index contributed by atoms with van der Waals surface area (Å²) in [6.45, 7) is 6.57. The number of carboxylic acids is 1. The molecule has 3 fully saturated rings. The van der Waals surface area contributed by atoms with Gasteiger partial charge in [-0.3, -0.25) is 33.6 Å². The molecule has 3 heterocycles. The van der Waals surface area contributed by atoms with E-state index in [1.165, 1.54) is 12.1 Å². The van der Waals surface area contributed by atoms with Crippen molar-refractivity contribution in [1.82, 2.24) is 58.5 Å². The smallest absolute Gasteiger partial charge is 0.303 e. The van der Waals surface area contributed by atoms with Gasteiger partial charge in [-0.2, -0.15) is 12.6 Å². The van der Waals surface area contributed by atoms with Crippen LogP contribution in [0.1, 0.15) is 69.8 Å². The van der Waals surface area contributed by atoms with Crippen molar-refractivity contribution in [2.45, 2.75) is 93.8 Å². The molecule has 3 aliphatic heterocycles. The van der Waals surface area contributed by atoms with Crippen LogP contribution in [0.5, 0.6) is 5.75 Å². The fourth-order valence-electron chi connectivity index (χ4n) is 7.40. The average molecular weight is 921 g/mol. The predicted molar refractivity (Wildman–Crippen MR) is 245 cm³/mol. The number of nitrogens with two attached hydrogens (primary N) is 1. The third-order valence-corrected chi connectivity index (χ3v) is 11.3. The molecule has 0 saturated carbocycles. The molecule has 3 aliphatic rings. The lowest BCUT2D eigenvalue weighted by Crippen LogP contribution is -2.68. The summed E-state index contributed by atoms with van der Waals surface area (Å²) in [5, 5.41) is 54.2. The summed E-state index contributed by atoms with van der Waals surface area (Å²) < 4.78 is 0. The van der Waals surface area contributed by atoms with E-state index in [4.69, 9.17) is 10.8 Å². The molecule has 1 unspecified atom stereocenters. The number of fused-ring (bicyclic) bond motifs is 15. The van der Waals surface area contributed by atoms with Crippen LogP contribution in [0, 0.1) is 0 Å². The minimum atomic E-state index is -0.933. The summed E-state index contributed by atoms with van der Waals surface area (Å²) in [6.07, 6.45) is 2.74. The zero-order valence-corrected chi connectivity index (χ0v) is 37.8. The number of phenolic OH excluding ortho intramolecular Hbond substituents is 1. The second-order valence-corrected chi connectivity index (χ2v) is 17.0. The number of unbranched alkanes of at least 4 members (excludes halogenated alkanes) is 2. The molecule has 1 aromatic carbocycles. The lowest BCUT2D eigenvalue weighted by atomic mass is 9.96. The van der Waals surface area contributed by atoms with Gasteiger partial charge in [-0.1, -0.05) is 18.6 Å². The number of hydrogen-bond donors (Lipinski definition) is 15. The van der Waals surface area contributed by atoms with Crippen LogP contribution in [0.2, 0.25) is 0 Å². The Morgan fingerprint density at radius 2 is 1.02 bits per heavy atom. The van der Waals surface area contributed by atoms with Crippen LogP contribution in [0.4, 0.5) is 0 Å². The second kappa shape index (κ2) is 29.8. The molecule has 4 rings (SSSR count). The van der Waals surface area contributed by atoms with Gasteiger partial charge in [0.1, 0.15) is 17.8 Å². The summed E-state index contributed by atoms with van der Waals surface area (Å²) in [4.78, 5) is 87.5. The van der Waals surface area contributed by atoms with E-state index in [1.54, 1.807) is 12.1 Å². The standard InChI is InChI=1S/C42H72N12O9S/c43-39(62)33(23-64)52-34(56)6-2-1-3-15-50-40(63)32(22-30-11-13-31(55)14-12-30)51-35(57)7-4-8-36(58)53-41-24-44-16-19-47-27-42(28-48-20-17-45-25-41,29-49-21-18-46-26-41)54-37(59)9-5-10-38(60)61/h11-14,32-33,44-49,55,64H,1-10,15-29H2,(H2,43,62)(H,50,63)(H,51,57)(H,52,56)(H,53,58)(H,54,59)(H,60,61)/t32?,33-,41-,42+/m0/s1. The largest absolute Gasteiger partial charge is 0.508 e. The van der Waals surface area contributed by atoms with Crippen LogP contribution in [0.15, 0.2) is 24.3 Å². The first kappa shape index (κ1) is 53.8. The fourth-order valence-corrected chi connectivity index (χ4v) is 7.67. The number of rotatable bonds is 23. The zero-order chi connectivity index (χ0) is 46.6. The van der Waals surface area contributed by atoms with Crippen molar-refractivity contribution >= 4 is 54.0 Å². The number of phenols is 1. The Labute approximate surface area is 381 Å². The van der Waals surface area contributed by atoms with Gasteiger partial charge < -0.3 is 74.4 Å². The van der Waals surface area contributed by atoms with E-state index in [1.807, 2.05) is 0 Å². The first-order valence-electron chi connectivity index (χ1n) is 22.4. The highest BCUT2D eigenvalue weighted by Gasteiger charge is 2.34. The van der Waals surface area contributed by atoms with E-state index in [-0.39, 0.29) is 92.4 Å². The predicted octanol–water partition coefficient (Wildman–Crippen LogP) is -3.30. The summed E-state index contributed by atoms with van der Waals surface area (Å²) in [7, 11) is 0. The number of aromatic hydroxyl groups is 1. The van der Waals surface area contributed by atoms with E-state index in [0.717, 1.165) is 5.56 Å². The van der Waals surface area contributed by atoms with Crippen LogP contribution in [0.3, 0.4) is 0 Å². The fraction of sp³-hybridized carbons (Fsp3) is 0.690. The first-order chi connectivity index (χ1) is 30.7. The molecule has 1 aromatic rings. The van der Waals surface area contributed by atoms with Crippen molar-refractivity contribution in [3.63, 3.8) is 0 Å². The SMILES string of the molecule is NC(=O)[C@H](CS)NC(=O)CCCCCNC(=O)C(Cc1ccc(O)cc1)NC(=O)CCCC(=O)N[C@]12CNCCNC[C@](NC(=O)CCCC(=O)O)(CNCCNC1)CNCCNC2. The minimum Gasteiger partial charge on any atom is -0.508 e. The van der Waals surface area contributed by atoms with Crippen LogP contribution < -0.4 is 64.2 Å². The molecular weight excluding hydrogens is 849 g/mol. The number of primary amides is 1. The summed E-state index contributed by atoms with van der Waals surface area (Å²) >= 11 is 4.02. The number of hydrogen-bond acceptors (Lipinski definition) is 15. The van der Waals surface area contributed by atoms with Gasteiger partial charge >= 0.3 is 5.97 Å². The van der Waals surface area contributed by atoms with Crippen molar-refractivity contribution in [2.75, 3.05) is 90.8 Å². The van der Waals surface area contributed by atoms with E-state index >= 15 is 0 Å². The molecule has 15 N–H and O–H groups in total. The van der Waals surface area contributed by atoms with E-state index in [0.29, 0.717) is 104 Å². The van der Waals surface area contributed by atoms with Gasteiger partial charge in [0.2, 0.25) is 35.4 Å². The lowest BCUT2D eigenvalue weighted by molar-refractivity contribution is -0.137. The maximum Gasteiger partial charge on any atom is 0.303 e. The maximum atomic E-state index is 13.6. The number of amides is 6. The van der Waals surface area contributed by atoms with Crippen molar-refractivity contribution in [2.24, 2.45) is 5.73 Å². The Morgan fingerprint density at radius 1 is 0.594 bits per heavy atom.